The molecular formula is C22H22N2O2. The van der Waals surface area contributed by atoms with E-state index in [1.165, 1.54) is 0 Å². The van der Waals surface area contributed by atoms with Gasteiger partial charge in [-0.25, -0.2) is 4.98 Å². The van der Waals surface area contributed by atoms with E-state index in [0.29, 0.717) is 29.4 Å². The van der Waals surface area contributed by atoms with Gasteiger partial charge in [0.05, 0.1) is 10.9 Å². The van der Waals surface area contributed by atoms with E-state index in [2.05, 4.69) is 13.8 Å². The number of hydrogen-bond donors (Lipinski definition) is 0. The van der Waals surface area contributed by atoms with Crippen molar-refractivity contribution in [3.05, 3.63) is 75.8 Å². The summed E-state index contributed by atoms with van der Waals surface area (Å²) >= 11 is 0. The SMILES string of the molecule is CC1(C)CCc2nc3cc(CC(=O)c4ccccc4)ccc3c(=O)n2C1. The van der Waals surface area contributed by atoms with E-state index >= 15 is 0 Å². The summed E-state index contributed by atoms with van der Waals surface area (Å²) in [6, 6.07) is 14.8. The van der Waals surface area contributed by atoms with Crippen LogP contribution >= 0.6 is 0 Å². The molecule has 0 bridgehead atoms. The van der Waals surface area contributed by atoms with Crippen molar-refractivity contribution in [2.75, 3.05) is 0 Å². The van der Waals surface area contributed by atoms with E-state index in [-0.39, 0.29) is 16.8 Å². The monoisotopic (exact) mass is 346 g/mol. The predicted molar refractivity (Wildman–Crippen MR) is 103 cm³/mol. The number of ketones is 1. The molecule has 0 spiro atoms. The Morgan fingerprint density at radius 1 is 1.15 bits per heavy atom. The number of Topliss-reactive ketones (excluding diaryl/α,β-unsaturated/α-hetero) is 1. The number of rotatable bonds is 3. The standard InChI is InChI=1S/C22H22N2O2/c1-22(2)11-10-20-23-18-12-15(8-9-17(18)21(26)24(20)14-22)13-19(25)16-6-4-3-5-7-16/h3-9,12H,10-11,13-14H2,1-2H3. The molecule has 3 aromatic rings. The minimum absolute atomic E-state index is 0.0266. The second-order valence-corrected chi connectivity index (χ2v) is 7.90. The highest BCUT2D eigenvalue weighted by Gasteiger charge is 2.27. The van der Waals surface area contributed by atoms with Crippen molar-refractivity contribution < 1.29 is 4.79 Å². The molecule has 0 atom stereocenters. The Morgan fingerprint density at radius 3 is 2.69 bits per heavy atom. The lowest BCUT2D eigenvalue weighted by atomic mass is 9.85. The lowest BCUT2D eigenvalue weighted by Gasteiger charge is -2.31. The normalized spacial score (nSPS) is 15.6. The van der Waals surface area contributed by atoms with Gasteiger partial charge in [-0.3, -0.25) is 14.2 Å². The third-order valence-corrected chi connectivity index (χ3v) is 5.17. The Kier molecular flexibility index (Phi) is 3.98. The molecule has 0 aliphatic carbocycles. The maximum absolute atomic E-state index is 12.9. The molecule has 2 heterocycles. The maximum Gasteiger partial charge on any atom is 0.261 e. The number of hydrogen-bond acceptors (Lipinski definition) is 3. The van der Waals surface area contributed by atoms with Crippen molar-refractivity contribution in [1.29, 1.82) is 0 Å². The van der Waals surface area contributed by atoms with Crippen molar-refractivity contribution in [2.24, 2.45) is 5.41 Å². The van der Waals surface area contributed by atoms with Crippen LogP contribution in [0.25, 0.3) is 10.9 Å². The summed E-state index contributed by atoms with van der Waals surface area (Å²) in [6.07, 6.45) is 2.15. The highest BCUT2D eigenvalue weighted by atomic mass is 16.1. The fraction of sp³-hybridized carbons (Fsp3) is 0.318. The van der Waals surface area contributed by atoms with Crippen LogP contribution in [-0.2, 0) is 19.4 Å². The molecule has 0 radical (unpaired) electrons. The van der Waals surface area contributed by atoms with Gasteiger partial charge in [-0.2, -0.15) is 0 Å². The summed E-state index contributed by atoms with van der Waals surface area (Å²) in [5.74, 6) is 0.926. The number of aryl methyl sites for hydroxylation is 1. The zero-order chi connectivity index (χ0) is 18.3. The highest BCUT2D eigenvalue weighted by Crippen LogP contribution is 2.29. The van der Waals surface area contributed by atoms with Gasteiger partial charge in [0.2, 0.25) is 0 Å². The molecule has 1 aromatic heterocycles. The molecule has 2 aromatic carbocycles. The lowest BCUT2D eigenvalue weighted by molar-refractivity contribution is 0.0993. The van der Waals surface area contributed by atoms with Gasteiger partial charge in [-0.1, -0.05) is 50.2 Å². The van der Waals surface area contributed by atoms with Crippen molar-refractivity contribution in [2.45, 2.75) is 39.7 Å². The predicted octanol–water partition coefficient (Wildman–Crippen LogP) is 3.79. The van der Waals surface area contributed by atoms with Gasteiger partial charge in [0.25, 0.3) is 5.56 Å². The van der Waals surface area contributed by atoms with Gasteiger partial charge in [0, 0.05) is 24.9 Å². The van der Waals surface area contributed by atoms with Gasteiger partial charge in [-0.05, 0) is 29.5 Å². The van der Waals surface area contributed by atoms with Gasteiger partial charge in [-0.15, -0.1) is 0 Å². The van der Waals surface area contributed by atoms with Crippen LogP contribution < -0.4 is 5.56 Å². The fourth-order valence-corrected chi connectivity index (χ4v) is 3.65. The largest absolute Gasteiger partial charge is 0.296 e. The van der Waals surface area contributed by atoms with E-state index in [0.717, 1.165) is 24.2 Å². The molecule has 0 unspecified atom stereocenters. The number of fused-ring (bicyclic) bond motifs is 2. The lowest BCUT2D eigenvalue weighted by Crippen LogP contribution is -2.36. The van der Waals surface area contributed by atoms with Crippen LogP contribution in [0.5, 0.6) is 0 Å². The molecule has 0 saturated carbocycles. The molecule has 4 heteroatoms. The summed E-state index contributed by atoms with van der Waals surface area (Å²) in [4.78, 5) is 30.0. The first-order valence-corrected chi connectivity index (χ1v) is 9.04. The Morgan fingerprint density at radius 2 is 1.92 bits per heavy atom. The van der Waals surface area contributed by atoms with Gasteiger partial charge >= 0.3 is 0 Å². The molecule has 0 saturated heterocycles. The smallest absolute Gasteiger partial charge is 0.261 e. The van der Waals surface area contributed by atoms with Crippen LogP contribution in [0.15, 0.2) is 53.3 Å². The van der Waals surface area contributed by atoms with Crippen LogP contribution in [0.1, 0.15) is 42.0 Å². The second-order valence-electron chi connectivity index (χ2n) is 7.90. The summed E-state index contributed by atoms with van der Waals surface area (Å²) in [5, 5.41) is 0.627. The summed E-state index contributed by atoms with van der Waals surface area (Å²) in [5.41, 5.74) is 2.43. The summed E-state index contributed by atoms with van der Waals surface area (Å²) in [6.45, 7) is 5.08. The first-order valence-electron chi connectivity index (χ1n) is 9.04. The first kappa shape index (κ1) is 16.7. The zero-order valence-corrected chi connectivity index (χ0v) is 15.2. The van der Waals surface area contributed by atoms with Crippen molar-refractivity contribution in [1.82, 2.24) is 9.55 Å². The van der Waals surface area contributed by atoms with Crippen LogP contribution in [0.2, 0.25) is 0 Å². The molecule has 1 aliphatic rings. The topological polar surface area (TPSA) is 52.0 Å². The fourth-order valence-electron chi connectivity index (χ4n) is 3.65. The number of carbonyl (C=O) groups excluding carboxylic acids is 1. The van der Waals surface area contributed by atoms with E-state index in [9.17, 15) is 9.59 Å². The minimum Gasteiger partial charge on any atom is -0.296 e. The van der Waals surface area contributed by atoms with Crippen LogP contribution in [-0.4, -0.2) is 15.3 Å². The van der Waals surface area contributed by atoms with E-state index in [4.69, 9.17) is 4.98 Å². The van der Waals surface area contributed by atoms with Crippen LogP contribution in [0.3, 0.4) is 0 Å². The minimum atomic E-state index is 0.0266. The molecule has 4 rings (SSSR count). The highest BCUT2D eigenvalue weighted by molar-refractivity contribution is 5.97. The Balaban J connectivity index is 1.70. The number of nitrogens with zero attached hydrogens (tertiary/aromatic N) is 2. The number of carbonyl (C=O) groups is 1. The molecule has 0 amide bonds. The van der Waals surface area contributed by atoms with Crippen molar-refractivity contribution in [3.63, 3.8) is 0 Å². The Hall–Kier alpha value is -2.75. The van der Waals surface area contributed by atoms with E-state index in [1.807, 2.05) is 53.1 Å². The molecule has 132 valence electrons. The molecule has 1 aliphatic heterocycles. The van der Waals surface area contributed by atoms with Crippen LogP contribution in [0, 0.1) is 5.41 Å². The van der Waals surface area contributed by atoms with Gasteiger partial charge in [0.15, 0.2) is 5.78 Å². The van der Waals surface area contributed by atoms with E-state index in [1.54, 1.807) is 0 Å². The summed E-state index contributed by atoms with van der Waals surface area (Å²) in [7, 11) is 0. The third-order valence-electron chi connectivity index (χ3n) is 5.17. The van der Waals surface area contributed by atoms with Crippen molar-refractivity contribution in [3.8, 4) is 0 Å². The van der Waals surface area contributed by atoms with Gasteiger partial charge in [0.1, 0.15) is 5.82 Å². The Bertz CT molecular complexity index is 1050. The zero-order valence-electron chi connectivity index (χ0n) is 15.2. The average molecular weight is 346 g/mol. The molecule has 4 nitrogen and oxygen atoms in total. The summed E-state index contributed by atoms with van der Waals surface area (Å²) < 4.78 is 1.82. The Labute approximate surface area is 152 Å². The third kappa shape index (κ3) is 3.07. The van der Waals surface area contributed by atoms with Crippen molar-refractivity contribution >= 4 is 16.7 Å². The maximum atomic E-state index is 12.9. The quantitative estimate of drug-likeness (QED) is 0.678. The molecule has 0 N–H and O–H groups in total. The molecular weight excluding hydrogens is 324 g/mol. The van der Waals surface area contributed by atoms with E-state index < -0.39 is 0 Å². The van der Waals surface area contributed by atoms with Crippen LogP contribution in [0.4, 0.5) is 0 Å². The second kappa shape index (κ2) is 6.20. The average Bonchev–Trinajstić information content (AvgIpc) is 2.63. The first-order chi connectivity index (χ1) is 12.4. The molecule has 26 heavy (non-hydrogen) atoms. The number of benzene rings is 2. The van der Waals surface area contributed by atoms with Gasteiger partial charge < -0.3 is 0 Å². The number of aromatic nitrogens is 2. The molecule has 0 fully saturated rings.